The molecule has 2 heteroatoms. The van der Waals surface area contributed by atoms with E-state index in [9.17, 15) is 9.59 Å². The zero-order valence-electron chi connectivity index (χ0n) is 8.60. The van der Waals surface area contributed by atoms with Crippen LogP contribution >= 0.6 is 0 Å². The molecule has 0 saturated heterocycles. The van der Waals surface area contributed by atoms with Crippen molar-refractivity contribution >= 4 is 12.1 Å². The molecule has 0 radical (unpaired) electrons. The van der Waals surface area contributed by atoms with Crippen molar-refractivity contribution < 1.29 is 9.59 Å². The first-order chi connectivity index (χ1) is 5.23. The first-order valence-electron chi connectivity index (χ1n) is 4.19. The number of carbonyl (C=O) groups excluding carboxylic acids is 2. The minimum absolute atomic E-state index is 0.134. The molecule has 0 unspecified atom stereocenters. The fourth-order valence-corrected chi connectivity index (χ4v) is 1.01. The zero-order chi connectivity index (χ0) is 9.99. The summed E-state index contributed by atoms with van der Waals surface area (Å²) in [4.78, 5) is 21.6. The molecule has 0 heterocycles. The van der Waals surface area contributed by atoms with Gasteiger partial charge >= 0.3 is 0 Å². The summed E-state index contributed by atoms with van der Waals surface area (Å²) < 4.78 is 0. The smallest absolute Gasteiger partial charge is 0.130 e. The Bertz CT molecular complexity index is 190. The summed E-state index contributed by atoms with van der Waals surface area (Å²) >= 11 is 0. The van der Waals surface area contributed by atoms with Crippen LogP contribution < -0.4 is 0 Å². The molecule has 0 spiro atoms. The van der Waals surface area contributed by atoms with Crippen LogP contribution in [0, 0.1) is 10.8 Å². The highest BCUT2D eigenvalue weighted by molar-refractivity contribution is 5.77. The minimum Gasteiger partial charge on any atom is -0.303 e. The topological polar surface area (TPSA) is 34.1 Å². The monoisotopic (exact) mass is 170 g/mol. The molecule has 0 aromatic rings. The number of hydrogen-bond acceptors (Lipinski definition) is 2. The highest BCUT2D eigenvalue weighted by Gasteiger charge is 2.37. The number of ketones is 1. The van der Waals surface area contributed by atoms with Gasteiger partial charge in [-0.15, -0.1) is 0 Å². The van der Waals surface area contributed by atoms with Gasteiger partial charge in [0, 0.05) is 11.8 Å². The van der Waals surface area contributed by atoms with Crippen molar-refractivity contribution in [2.45, 2.75) is 41.0 Å². The van der Waals surface area contributed by atoms with Crippen molar-refractivity contribution in [3.05, 3.63) is 0 Å². The first kappa shape index (κ1) is 11.3. The van der Waals surface area contributed by atoms with Crippen molar-refractivity contribution in [1.29, 1.82) is 0 Å². The largest absolute Gasteiger partial charge is 0.303 e. The van der Waals surface area contributed by atoms with Crippen LogP contribution in [0.5, 0.6) is 0 Å². The Morgan fingerprint density at radius 2 is 1.67 bits per heavy atom. The molecule has 12 heavy (non-hydrogen) atoms. The van der Waals surface area contributed by atoms with E-state index >= 15 is 0 Å². The van der Waals surface area contributed by atoms with Crippen LogP contribution in [0.15, 0.2) is 0 Å². The lowest BCUT2D eigenvalue weighted by Crippen LogP contribution is -2.35. The molecule has 0 bridgehead atoms. The van der Waals surface area contributed by atoms with E-state index < -0.39 is 5.41 Å². The van der Waals surface area contributed by atoms with Gasteiger partial charge < -0.3 is 9.59 Å². The number of aldehydes is 1. The molecule has 0 fully saturated rings. The second-order valence-corrected chi connectivity index (χ2v) is 4.60. The van der Waals surface area contributed by atoms with Crippen molar-refractivity contribution in [2.75, 3.05) is 0 Å². The van der Waals surface area contributed by atoms with E-state index in [0.29, 0.717) is 6.42 Å². The predicted molar refractivity (Wildman–Crippen MR) is 48.9 cm³/mol. The zero-order valence-corrected chi connectivity index (χ0v) is 8.60. The Hall–Kier alpha value is -0.660. The summed E-state index contributed by atoms with van der Waals surface area (Å²) in [7, 11) is 0. The normalized spacial score (nSPS) is 12.8. The van der Waals surface area contributed by atoms with Gasteiger partial charge in [0.2, 0.25) is 0 Å². The molecule has 0 amide bonds. The van der Waals surface area contributed by atoms with Crippen molar-refractivity contribution in [3.63, 3.8) is 0 Å². The van der Waals surface area contributed by atoms with Gasteiger partial charge in [0.25, 0.3) is 0 Å². The Morgan fingerprint density at radius 3 is 1.92 bits per heavy atom. The summed E-state index contributed by atoms with van der Waals surface area (Å²) in [6, 6.07) is 0. The molecule has 0 aromatic heterocycles. The van der Waals surface area contributed by atoms with Gasteiger partial charge in [0.15, 0.2) is 0 Å². The third-order valence-corrected chi connectivity index (χ3v) is 2.73. The van der Waals surface area contributed by atoms with Gasteiger partial charge in [-0.2, -0.15) is 0 Å². The third kappa shape index (κ3) is 2.43. The van der Waals surface area contributed by atoms with Crippen LogP contribution in [-0.2, 0) is 9.59 Å². The molecule has 0 rings (SSSR count). The maximum Gasteiger partial charge on any atom is 0.130 e. The molecule has 0 N–H and O–H groups in total. The van der Waals surface area contributed by atoms with E-state index in [1.165, 1.54) is 0 Å². The second-order valence-electron chi connectivity index (χ2n) is 4.60. The van der Waals surface area contributed by atoms with Crippen molar-refractivity contribution in [1.82, 2.24) is 0 Å². The number of carbonyl (C=O) groups is 2. The van der Waals surface area contributed by atoms with Crippen LogP contribution in [0.3, 0.4) is 0 Å². The Labute approximate surface area is 74.3 Å². The third-order valence-electron chi connectivity index (χ3n) is 2.73. The van der Waals surface area contributed by atoms with E-state index in [0.717, 1.165) is 6.29 Å². The number of Topliss-reactive ketones (excluding diaryl/α,β-unsaturated/α-hetero) is 1. The van der Waals surface area contributed by atoms with E-state index in [-0.39, 0.29) is 11.2 Å². The summed E-state index contributed by atoms with van der Waals surface area (Å²) in [5.41, 5.74) is -0.681. The Morgan fingerprint density at radius 1 is 1.25 bits per heavy atom. The lowest BCUT2D eigenvalue weighted by Gasteiger charge is -2.36. The van der Waals surface area contributed by atoms with E-state index in [1.54, 1.807) is 6.92 Å². The van der Waals surface area contributed by atoms with Gasteiger partial charge in [-0.1, -0.05) is 27.7 Å². The Balaban J connectivity index is 4.59. The van der Waals surface area contributed by atoms with Gasteiger partial charge in [0.1, 0.15) is 12.1 Å². The van der Waals surface area contributed by atoms with Crippen molar-refractivity contribution in [3.8, 4) is 0 Å². The number of rotatable bonds is 4. The first-order valence-corrected chi connectivity index (χ1v) is 4.19. The molecule has 0 aromatic carbocycles. The number of hydrogen-bond donors (Lipinski definition) is 0. The van der Waals surface area contributed by atoms with Crippen molar-refractivity contribution in [2.24, 2.45) is 10.8 Å². The van der Waals surface area contributed by atoms with Gasteiger partial charge in [-0.05, 0) is 12.3 Å². The molecule has 0 atom stereocenters. The summed E-state index contributed by atoms with van der Waals surface area (Å²) in [5.74, 6) is 0.134. The molecule has 0 saturated carbocycles. The molecular weight excluding hydrogens is 152 g/mol. The fourth-order valence-electron chi connectivity index (χ4n) is 1.01. The highest BCUT2D eigenvalue weighted by atomic mass is 16.1. The quantitative estimate of drug-likeness (QED) is 0.606. The average Bonchev–Trinajstić information content (AvgIpc) is 1.84. The van der Waals surface area contributed by atoms with E-state index in [2.05, 4.69) is 0 Å². The predicted octanol–water partition coefficient (Wildman–Crippen LogP) is 2.22. The lowest BCUT2D eigenvalue weighted by molar-refractivity contribution is -0.125. The maximum atomic E-state index is 10.9. The SMILES string of the molecule is CC(=O)CC(C)(C)C(C)(C)C=O. The summed E-state index contributed by atoms with van der Waals surface area (Å²) in [6.07, 6.45) is 1.38. The van der Waals surface area contributed by atoms with Crippen LogP contribution in [0.2, 0.25) is 0 Å². The second kappa shape index (κ2) is 3.38. The van der Waals surface area contributed by atoms with Crippen LogP contribution in [0.25, 0.3) is 0 Å². The minimum atomic E-state index is -0.432. The van der Waals surface area contributed by atoms with E-state index in [1.807, 2.05) is 27.7 Å². The fraction of sp³-hybridized carbons (Fsp3) is 0.800. The maximum absolute atomic E-state index is 10.9. The van der Waals surface area contributed by atoms with Gasteiger partial charge in [-0.3, -0.25) is 0 Å². The molecule has 0 aliphatic rings. The molecule has 0 aliphatic carbocycles. The molecule has 70 valence electrons. The Kier molecular flexibility index (Phi) is 3.19. The lowest BCUT2D eigenvalue weighted by atomic mass is 9.66. The van der Waals surface area contributed by atoms with Crippen LogP contribution in [0.1, 0.15) is 41.0 Å². The molecule has 0 aliphatic heterocycles. The molecular formula is C10H18O2. The van der Waals surface area contributed by atoms with Gasteiger partial charge in [-0.25, -0.2) is 0 Å². The molecule has 2 nitrogen and oxygen atoms in total. The van der Waals surface area contributed by atoms with Crippen LogP contribution in [-0.4, -0.2) is 12.1 Å². The summed E-state index contributed by atoms with van der Waals surface area (Å²) in [5, 5.41) is 0. The van der Waals surface area contributed by atoms with Gasteiger partial charge in [0.05, 0.1) is 0 Å². The van der Waals surface area contributed by atoms with E-state index in [4.69, 9.17) is 0 Å². The standard InChI is InChI=1S/C10H18O2/c1-8(12)6-9(2,3)10(4,5)7-11/h7H,6H2,1-5H3. The highest BCUT2D eigenvalue weighted by Crippen LogP contribution is 2.39. The summed E-state index contributed by atoms with van der Waals surface area (Å²) in [6.45, 7) is 9.18. The van der Waals surface area contributed by atoms with Crippen LogP contribution in [0.4, 0.5) is 0 Å². The average molecular weight is 170 g/mol.